The van der Waals surface area contributed by atoms with E-state index >= 15 is 0 Å². The smallest absolute Gasteiger partial charge is 0.180 e. The first-order valence-corrected chi connectivity index (χ1v) is 4.98. The van der Waals surface area contributed by atoms with Gasteiger partial charge in [0.15, 0.2) is 5.78 Å². The van der Waals surface area contributed by atoms with Crippen LogP contribution in [0, 0.1) is 17.2 Å². The Balaban J connectivity index is 2.71. The largest absolute Gasteiger partial charge is 0.300 e. The highest BCUT2D eigenvalue weighted by Gasteiger charge is 2.19. The normalized spacial score (nSPS) is 11.5. The number of hydrogen-bond acceptors (Lipinski definition) is 4. The zero-order chi connectivity index (χ0) is 12.0. The number of nitrogens with zero attached hydrogens (tertiary/aromatic N) is 2. The first kappa shape index (κ1) is 12.1. The molecular weight excluding hydrogens is 204 g/mol. The van der Waals surface area contributed by atoms with Crippen molar-refractivity contribution in [3.05, 3.63) is 30.1 Å². The molecule has 0 aliphatic rings. The van der Waals surface area contributed by atoms with Crippen molar-refractivity contribution in [2.45, 2.75) is 19.8 Å². The lowest BCUT2D eigenvalue weighted by Gasteiger charge is -2.06. The van der Waals surface area contributed by atoms with Crippen LogP contribution in [-0.2, 0) is 4.79 Å². The van der Waals surface area contributed by atoms with Crippen molar-refractivity contribution in [3.63, 3.8) is 0 Å². The zero-order valence-electron chi connectivity index (χ0n) is 9.01. The summed E-state index contributed by atoms with van der Waals surface area (Å²) in [5.41, 5.74) is 0.463. The molecular formula is C12H12N2O2. The first-order valence-electron chi connectivity index (χ1n) is 4.98. The van der Waals surface area contributed by atoms with Crippen LogP contribution >= 0.6 is 0 Å². The number of carbonyl (C=O) groups is 2. The van der Waals surface area contributed by atoms with E-state index in [-0.39, 0.29) is 24.4 Å². The summed E-state index contributed by atoms with van der Waals surface area (Å²) >= 11 is 0. The van der Waals surface area contributed by atoms with Gasteiger partial charge in [-0.3, -0.25) is 9.78 Å². The highest BCUT2D eigenvalue weighted by molar-refractivity contribution is 5.99. The van der Waals surface area contributed by atoms with Crippen molar-refractivity contribution in [1.29, 1.82) is 5.26 Å². The number of hydrogen-bond donors (Lipinski definition) is 0. The highest BCUT2D eigenvalue weighted by atomic mass is 16.1. The number of ketones is 2. The van der Waals surface area contributed by atoms with Crippen molar-refractivity contribution in [2.24, 2.45) is 5.92 Å². The van der Waals surface area contributed by atoms with E-state index in [2.05, 4.69) is 4.98 Å². The molecule has 1 rings (SSSR count). The van der Waals surface area contributed by atoms with Gasteiger partial charge in [-0.05, 0) is 25.5 Å². The molecule has 0 N–H and O–H groups in total. The van der Waals surface area contributed by atoms with Gasteiger partial charge in [-0.2, -0.15) is 5.26 Å². The van der Waals surface area contributed by atoms with Gasteiger partial charge in [0, 0.05) is 24.4 Å². The van der Waals surface area contributed by atoms with Crippen LogP contribution < -0.4 is 0 Å². The van der Waals surface area contributed by atoms with Crippen molar-refractivity contribution < 1.29 is 9.59 Å². The van der Waals surface area contributed by atoms with E-state index in [1.807, 2.05) is 6.07 Å². The van der Waals surface area contributed by atoms with Crippen molar-refractivity contribution >= 4 is 11.6 Å². The van der Waals surface area contributed by atoms with E-state index in [0.717, 1.165) is 0 Å². The molecule has 0 fully saturated rings. The van der Waals surface area contributed by atoms with Crippen LogP contribution in [0.2, 0.25) is 0 Å². The van der Waals surface area contributed by atoms with Crippen molar-refractivity contribution in [3.8, 4) is 6.07 Å². The van der Waals surface area contributed by atoms with E-state index in [0.29, 0.717) is 5.56 Å². The van der Waals surface area contributed by atoms with Gasteiger partial charge in [0.25, 0.3) is 0 Å². The third-order valence-electron chi connectivity index (χ3n) is 2.22. The molecule has 0 aromatic carbocycles. The van der Waals surface area contributed by atoms with E-state index < -0.39 is 5.92 Å². The average Bonchev–Trinajstić information content (AvgIpc) is 2.30. The number of nitriles is 1. The van der Waals surface area contributed by atoms with Crippen LogP contribution in [-0.4, -0.2) is 16.6 Å². The molecule has 0 saturated heterocycles. The predicted octanol–water partition coefficient (Wildman–Crippen LogP) is 1.77. The quantitative estimate of drug-likeness (QED) is 0.703. The molecule has 0 aliphatic heterocycles. The average molecular weight is 216 g/mol. The lowest BCUT2D eigenvalue weighted by Crippen LogP contribution is -2.14. The second-order valence-corrected chi connectivity index (χ2v) is 3.52. The standard InChI is InChI=1S/C12H12N2O2/c1-9(15)2-3-11(8-13)12(16)10-4-6-14-7-5-10/h4-7,11H,2-3H2,1H3. The Morgan fingerprint density at radius 3 is 2.56 bits per heavy atom. The Morgan fingerprint density at radius 1 is 1.44 bits per heavy atom. The van der Waals surface area contributed by atoms with Gasteiger partial charge in [-0.15, -0.1) is 0 Å². The van der Waals surface area contributed by atoms with Crippen LogP contribution in [0.15, 0.2) is 24.5 Å². The molecule has 0 radical (unpaired) electrons. The summed E-state index contributed by atoms with van der Waals surface area (Å²) < 4.78 is 0. The summed E-state index contributed by atoms with van der Waals surface area (Å²) in [4.78, 5) is 26.4. The molecule has 0 saturated carbocycles. The Morgan fingerprint density at radius 2 is 2.06 bits per heavy atom. The van der Waals surface area contributed by atoms with E-state index in [9.17, 15) is 9.59 Å². The van der Waals surface area contributed by atoms with Crippen LogP contribution in [0.1, 0.15) is 30.1 Å². The molecule has 1 aromatic heterocycles. The van der Waals surface area contributed by atoms with Gasteiger partial charge < -0.3 is 4.79 Å². The summed E-state index contributed by atoms with van der Waals surface area (Å²) in [5, 5.41) is 8.87. The Hall–Kier alpha value is -2.02. The van der Waals surface area contributed by atoms with Crippen LogP contribution in [0.4, 0.5) is 0 Å². The Labute approximate surface area is 93.9 Å². The molecule has 82 valence electrons. The lowest BCUT2D eigenvalue weighted by molar-refractivity contribution is -0.117. The minimum Gasteiger partial charge on any atom is -0.300 e. The molecule has 16 heavy (non-hydrogen) atoms. The molecule has 0 bridgehead atoms. The third kappa shape index (κ3) is 3.28. The maximum Gasteiger partial charge on any atom is 0.180 e. The van der Waals surface area contributed by atoms with Gasteiger partial charge in [-0.25, -0.2) is 0 Å². The molecule has 0 aliphatic carbocycles. The minimum atomic E-state index is -0.744. The van der Waals surface area contributed by atoms with E-state index in [1.54, 1.807) is 12.1 Å². The topological polar surface area (TPSA) is 70.8 Å². The molecule has 4 nitrogen and oxygen atoms in total. The molecule has 1 atom stereocenters. The maximum absolute atomic E-state index is 11.8. The molecule has 1 unspecified atom stereocenters. The highest BCUT2D eigenvalue weighted by Crippen LogP contribution is 2.13. The van der Waals surface area contributed by atoms with Gasteiger partial charge >= 0.3 is 0 Å². The molecule has 0 spiro atoms. The first-order chi connectivity index (χ1) is 7.65. The zero-order valence-corrected chi connectivity index (χ0v) is 9.01. The molecule has 1 heterocycles. The minimum absolute atomic E-state index is 0.0113. The van der Waals surface area contributed by atoms with Gasteiger partial charge in [0.2, 0.25) is 0 Å². The lowest BCUT2D eigenvalue weighted by atomic mass is 9.94. The predicted molar refractivity (Wildman–Crippen MR) is 57.6 cm³/mol. The van der Waals surface area contributed by atoms with Gasteiger partial charge in [-0.1, -0.05) is 0 Å². The molecule has 1 aromatic rings. The Bertz CT molecular complexity index is 420. The second-order valence-electron chi connectivity index (χ2n) is 3.52. The monoisotopic (exact) mass is 216 g/mol. The fourth-order valence-corrected chi connectivity index (χ4v) is 1.32. The van der Waals surface area contributed by atoms with Crippen molar-refractivity contribution in [2.75, 3.05) is 0 Å². The van der Waals surface area contributed by atoms with Crippen LogP contribution in [0.25, 0.3) is 0 Å². The van der Waals surface area contributed by atoms with Crippen LogP contribution in [0.3, 0.4) is 0 Å². The van der Waals surface area contributed by atoms with E-state index in [1.165, 1.54) is 19.3 Å². The van der Waals surface area contributed by atoms with E-state index in [4.69, 9.17) is 5.26 Å². The fourth-order valence-electron chi connectivity index (χ4n) is 1.32. The SMILES string of the molecule is CC(=O)CCC(C#N)C(=O)c1ccncc1. The number of rotatable bonds is 5. The van der Waals surface area contributed by atoms with Crippen molar-refractivity contribution in [1.82, 2.24) is 4.98 Å². The summed E-state index contributed by atoms with van der Waals surface area (Å²) in [6.45, 7) is 1.45. The third-order valence-corrected chi connectivity index (χ3v) is 2.22. The van der Waals surface area contributed by atoms with Gasteiger partial charge in [0.1, 0.15) is 11.7 Å². The maximum atomic E-state index is 11.8. The fraction of sp³-hybridized carbons (Fsp3) is 0.333. The molecule has 4 heteroatoms. The number of aromatic nitrogens is 1. The Kier molecular flexibility index (Phi) is 4.34. The summed E-state index contributed by atoms with van der Waals surface area (Å²) in [6, 6.07) is 5.07. The summed E-state index contributed by atoms with van der Waals surface area (Å²) in [6.07, 6.45) is 3.56. The number of carbonyl (C=O) groups excluding carboxylic acids is 2. The second kappa shape index (κ2) is 5.76. The summed E-state index contributed by atoms with van der Waals surface area (Å²) in [7, 11) is 0. The summed E-state index contributed by atoms with van der Waals surface area (Å²) in [5.74, 6) is -1.000. The number of Topliss-reactive ketones (excluding diaryl/α,β-unsaturated/α-hetero) is 2. The van der Waals surface area contributed by atoms with Gasteiger partial charge in [0.05, 0.1) is 6.07 Å². The molecule has 0 amide bonds. The van der Waals surface area contributed by atoms with Crippen LogP contribution in [0.5, 0.6) is 0 Å². The number of pyridine rings is 1.